The number of esters is 1. The zero-order valence-electron chi connectivity index (χ0n) is 19.4. The van der Waals surface area contributed by atoms with Crippen LogP contribution in [-0.2, 0) is 14.9 Å². The molecule has 3 aromatic rings. The van der Waals surface area contributed by atoms with Gasteiger partial charge in [0.1, 0.15) is 16.9 Å². The number of amides is 1. The summed E-state index contributed by atoms with van der Waals surface area (Å²) < 4.78 is 16.1. The molecule has 7 heteroatoms. The van der Waals surface area contributed by atoms with E-state index in [1.807, 2.05) is 19.1 Å². The van der Waals surface area contributed by atoms with Crippen LogP contribution in [0.1, 0.15) is 48.7 Å². The number of rotatable bonds is 8. The quantitative estimate of drug-likeness (QED) is 0.314. The lowest BCUT2D eigenvalue weighted by atomic mass is 9.85. The largest absolute Gasteiger partial charge is 0.482 e. The van der Waals surface area contributed by atoms with Gasteiger partial charge in [0.25, 0.3) is 5.91 Å². The molecule has 1 heterocycles. The first-order chi connectivity index (χ1) is 15.6. The number of aryl methyl sites for hydroxylation is 1. The van der Waals surface area contributed by atoms with Crippen molar-refractivity contribution in [3.8, 4) is 5.75 Å². The first kappa shape index (κ1) is 24.0. The van der Waals surface area contributed by atoms with E-state index in [4.69, 9.17) is 13.9 Å². The summed E-state index contributed by atoms with van der Waals surface area (Å²) in [5, 5.41) is 3.31. The molecule has 0 saturated carbocycles. The highest BCUT2D eigenvalue weighted by Gasteiger charge is 2.20. The Morgan fingerprint density at radius 2 is 1.82 bits per heavy atom. The highest BCUT2D eigenvalue weighted by Crippen LogP contribution is 2.32. The molecule has 174 valence electrons. The van der Waals surface area contributed by atoms with Gasteiger partial charge in [0.15, 0.2) is 6.61 Å². The molecule has 0 unspecified atom stereocenters. The Kier molecular flexibility index (Phi) is 7.53. The topological polar surface area (TPSA) is 94.8 Å². The third-order valence-corrected chi connectivity index (χ3v) is 5.04. The number of carbonyl (C=O) groups is 2. The summed E-state index contributed by atoms with van der Waals surface area (Å²) in [4.78, 5) is 36.4. The average Bonchev–Trinajstić information content (AvgIpc) is 2.76. The van der Waals surface area contributed by atoms with Crippen molar-refractivity contribution in [1.82, 2.24) is 5.32 Å². The van der Waals surface area contributed by atoms with E-state index < -0.39 is 17.5 Å². The Morgan fingerprint density at radius 3 is 2.58 bits per heavy atom. The summed E-state index contributed by atoms with van der Waals surface area (Å²) in [6, 6.07) is 14.3. The normalized spacial score (nSPS) is 11.3. The number of hydrogen-bond acceptors (Lipinski definition) is 6. The summed E-state index contributed by atoms with van der Waals surface area (Å²) in [7, 11) is 0. The van der Waals surface area contributed by atoms with Crippen LogP contribution in [0.25, 0.3) is 11.0 Å². The summed E-state index contributed by atoms with van der Waals surface area (Å²) in [5.74, 6) is -0.360. The molecule has 1 N–H and O–H groups in total. The molecule has 3 rings (SSSR count). The maximum Gasteiger partial charge on any atom is 0.349 e. The maximum absolute atomic E-state index is 12.3. The van der Waals surface area contributed by atoms with Crippen LogP contribution in [-0.4, -0.2) is 31.6 Å². The Labute approximate surface area is 192 Å². The summed E-state index contributed by atoms with van der Waals surface area (Å²) in [5.41, 5.74) is 1.70. The lowest BCUT2D eigenvalue weighted by Crippen LogP contribution is -2.29. The lowest BCUT2D eigenvalue weighted by molar-refractivity contribution is -0.146. The van der Waals surface area contributed by atoms with Gasteiger partial charge in [-0.15, -0.1) is 0 Å². The monoisotopic (exact) mass is 451 g/mol. The van der Waals surface area contributed by atoms with Crippen molar-refractivity contribution in [1.29, 1.82) is 0 Å². The minimum atomic E-state index is -0.694. The molecule has 1 aromatic heterocycles. The predicted octanol–water partition coefficient (Wildman–Crippen LogP) is 4.14. The Hall–Kier alpha value is -3.61. The van der Waals surface area contributed by atoms with Crippen molar-refractivity contribution >= 4 is 22.8 Å². The van der Waals surface area contributed by atoms with Crippen molar-refractivity contribution in [2.45, 2.75) is 39.5 Å². The van der Waals surface area contributed by atoms with Crippen LogP contribution in [0, 0.1) is 6.92 Å². The van der Waals surface area contributed by atoms with Gasteiger partial charge < -0.3 is 19.2 Å². The number of carbonyl (C=O) groups excluding carboxylic acids is 2. The van der Waals surface area contributed by atoms with Gasteiger partial charge in [-0.05, 0) is 42.5 Å². The summed E-state index contributed by atoms with van der Waals surface area (Å²) in [6.07, 6.45) is 0.397. The second-order valence-corrected chi connectivity index (χ2v) is 8.85. The molecule has 33 heavy (non-hydrogen) atoms. The predicted molar refractivity (Wildman–Crippen MR) is 126 cm³/mol. The van der Waals surface area contributed by atoms with Crippen LogP contribution in [0.4, 0.5) is 0 Å². The fourth-order valence-electron chi connectivity index (χ4n) is 3.31. The van der Waals surface area contributed by atoms with Crippen LogP contribution >= 0.6 is 0 Å². The van der Waals surface area contributed by atoms with Crippen molar-refractivity contribution < 1.29 is 23.5 Å². The van der Waals surface area contributed by atoms with E-state index in [0.717, 1.165) is 11.1 Å². The number of benzene rings is 2. The van der Waals surface area contributed by atoms with Crippen molar-refractivity contribution in [2.75, 3.05) is 19.8 Å². The van der Waals surface area contributed by atoms with Crippen LogP contribution in [0.5, 0.6) is 5.75 Å². The van der Waals surface area contributed by atoms with E-state index in [-0.39, 0.29) is 30.7 Å². The van der Waals surface area contributed by atoms with E-state index in [1.165, 1.54) is 6.07 Å². The second-order valence-electron chi connectivity index (χ2n) is 8.85. The van der Waals surface area contributed by atoms with Gasteiger partial charge in [0.2, 0.25) is 0 Å². The van der Waals surface area contributed by atoms with Gasteiger partial charge in [-0.25, -0.2) is 9.59 Å². The lowest BCUT2D eigenvalue weighted by Gasteiger charge is -2.23. The number of fused-ring (bicyclic) bond motifs is 1. The summed E-state index contributed by atoms with van der Waals surface area (Å²) >= 11 is 0. The fourth-order valence-corrected chi connectivity index (χ4v) is 3.31. The van der Waals surface area contributed by atoms with Crippen LogP contribution in [0.3, 0.4) is 0 Å². The molecular formula is C26H29NO6. The number of nitrogens with one attached hydrogen (secondary N) is 1. The van der Waals surface area contributed by atoms with E-state index in [9.17, 15) is 14.4 Å². The van der Waals surface area contributed by atoms with Crippen LogP contribution < -0.4 is 15.7 Å². The highest BCUT2D eigenvalue weighted by molar-refractivity contribution is 5.96. The number of ether oxygens (including phenoxy) is 2. The van der Waals surface area contributed by atoms with Gasteiger partial charge in [0.05, 0.1) is 6.61 Å². The average molecular weight is 452 g/mol. The first-order valence-electron chi connectivity index (χ1n) is 10.9. The molecule has 0 aliphatic rings. The Morgan fingerprint density at radius 1 is 1.06 bits per heavy atom. The molecule has 2 aromatic carbocycles. The highest BCUT2D eigenvalue weighted by atomic mass is 16.6. The minimum Gasteiger partial charge on any atom is -0.482 e. The smallest absolute Gasteiger partial charge is 0.349 e. The molecular weight excluding hydrogens is 422 g/mol. The third-order valence-electron chi connectivity index (χ3n) is 5.04. The van der Waals surface area contributed by atoms with Crippen molar-refractivity contribution in [2.24, 2.45) is 0 Å². The Balaban J connectivity index is 1.43. The molecule has 0 bridgehead atoms. The van der Waals surface area contributed by atoms with Crippen molar-refractivity contribution in [3.05, 3.63) is 75.6 Å². The van der Waals surface area contributed by atoms with E-state index in [2.05, 4.69) is 32.2 Å². The molecule has 0 aliphatic carbocycles. The Bertz CT molecular complexity index is 1210. The van der Waals surface area contributed by atoms with Gasteiger partial charge in [-0.1, -0.05) is 56.7 Å². The van der Waals surface area contributed by atoms with Gasteiger partial charge in [-0.2, -0.15) is 0 Å². The molecule has 0 saturated heterocycles. The van der Waals surface area contributed by atoms with Gasteiger partial charge in [0, 0.05) is 11.9 Å². The van der Waals surface area contributed by atoms with Crippen molar-refractivity contribution in [3.63, 3.8) is 0 Å². The molecule has 0 fully saturated rings. The number of hydrogen-bond donors (Lipinski definition) is 1. The number of para-hydroxylation sites is 1. The molecule has 1 amide bonds. The second kappa shape index (κ2) is 10.3. The van der Waals surface area contributed by atoms with Crippen LogP contribution in [0.15, 0.2) is 57.7 Å². The zero-order valence-corrected chi connectivity index (χ0v) is 19.4. The van der Waals surface area contributed by atoms with Crippen LogP contribution in [0.2, 0.25) is 0 Å². The third kappa shape index (κ3) is 6.44. The molecule has 0 atom stereocenters. The zero-order chi connectivity index (χ0) is 24.0. The van der Waals surface area contributed by atoms with Gasteiger partial charge >= 0.3 is 11.6 Å². The molecule has 0 spiro atoms. The van der Waals surface area contributed by atoms with Gasteiger partial charge in [-0.3, -0.25) is 4.79 Å². The summed E-state index contributed by atoms with van der Waals surface area (Å²) in [6.45, 7) is 8.44. The van der Waals surface area contributed by atoms with E-state index in [0.29, 0.717) is 23.1 Å². The minimum absolute atomic E-state index is 0.0631. The fraction of sp³-hybridized carbons (Fsp3) is 0.346. The maximum atomic E-state index is 12.3. The molecule has 0 radical (unpaired) electrons. The standard InChI is InChI=1S/C26H29NO6/c1-17-10-11-22(20(14-17)26(2,3)4)32-16-23(28)31-13-7-12-27-24(29)19-15-18-8-5-6-9-21(18)33-25(19)30/h5-6,8-11,14-15H,7,12-13,16H2,1-4H3,(H,27,29). The molecule has 7 nitrogen and oxygen atoms in total. The van der Waals surface area contributed by atoms with E-state index >= 15 is 0 Å². The SMILES string of the molecule is Cc1ccc(OCC(=O)OCCCNC(=O)c2cc3ccccc3oc2=O)c(C(C)(C)C)c1. The molecule has 0 aliphatic heterocycles. The van der Waals surface area contributed by atoms with E-state index in [1.54, 1.807) is 24.3 Å². The first-order valence-corrected chi connectivity index (χ1v) is 10.9.